The summed E-state index contributed by atoms with van der Waals surface area (Å²) in [5.74, 6) is -0.176. The molecule has 0 aromatic carbocycles. The Labute approximate surface area is 124 Å². The number of carbonyl (C=O) groups is 1. The standard InChI is InChI=1S/C13H19N3O4S/c1-21(18,19)15-7-13(17)16-12-9-20-8-11(12)6-10-2-4-14-5-3-10/h2-5,11-12,15H,6-9H2,1H3,(H,16,17)/t11-,12-/m1/s1. The molecule has 1 aromatic rings. The number of nitrogens with zero attached hydrogens (tertiary/aromatic N) is 1. The molecule has 0 unspecified atom stereocenters. The van der Waals surface area contributed by atoms with Gasteiger partial charge in [0.05, 0.1) is 32.1 Å². The average molecular weight is 313 g/mol. The highest BCUT2D eigenvalue weighted by Crippen LogP contribution is 2.18. The maximum atomic E-state index is 11.7. The van der Waals surface area contributed by atoms with Crippen LogP contribution in [0.25, 0.3) is 0 Å². The van der Waals surface area contributed by atoms with E-state index in [1.807, 2.05) is 12.1 Å². The van der Waals surface area contributed by atoms with Gasteiger partial charge >= 0.3 is 0 Å². The van der Waals surface area contributed by atoms with Crippen molar-refractivity contribution in [3.05, 3.63) is 30.1 Å². The Morgan fingerprint density at radius 2 is 2.10 bits per heavy atom. The molecule has 1 aliphatic heterocycles. The minimum Gasteiger partial charge on any atom is -0.379 e. The highest BCUT2D eigenvalue weighted by atomic mass is 32.2. The van der Waals surface area contributed by atoms with Crippen LogP contribution in [0, 0.1) is 5.92 Å². The summed E-state index contributed by atoms with van der Waals surface area (Å²) in [7, 11) is -3.36. The molecule has 0 aliphatic carbocycles. The number of hydrogen-bond acceptors (Lipinski definition) is 5. The van der Waals surface area contributed by atoms with E-state index in [0.717, 1.165) is 18.2 Å². The van der Waals surface area contributed by atoms with Gasteiger partial charge in [0.2, 0.25) is 15.9 Å². The number of aromatic nitrogens is 1. The number of sulfonamides is 1. The molecular formula is C13H19N3O4S. The molecule has 1 saturated heterocycles. The zero-order valence-electron chi connectivity index (χ0n) is 11.8. The van der Waals surface area contributed by atoms with Crippen LogP contribution in [0.1, 0.15) is 5.56 Å². The van der Waals surface area contributed by atoms with Gasteiger partial charge in [0.15, 0.2) is 0 Å². The van der Waals surface area contributed by atoms with E-state index in [1.165, 1.54) is 0 Å². The summed E-state index contributed by atoms with van der Waals surface area (Å²) in [6, 6.07) is 3.76. The highest BCUT2D eigenvalue weighted by molar-refractivity contribution is 7.88. The molecule has 0 radical (unpaired) electrons. The third kappa shape index (κ3) is 5.41. The van der Waals surface area contributed by atoms with Crippen molar-refractivity contribution in [2.75, 3.05) is 26.0 Å². The lowest BCUT2D eigenvalue weighted by Gasteiger charge is -2.19. The van der Waals surface area contributed by atoms with E-state index in [2.05, 4.69) is 15.0 Å². The Bertz CT molecular complexity index is 576. The van der Waals surface area contributed by atoms with Crippen LogP contribution >= 0.6 is 0 Å². The third-order valence-electron chi connectivity index (χ3n) is 3.29. The summed E-state index contributed by atoms with van der Waals surface area (Å²) in [6.07, 6.45) is 5.27. The van der Waals surface area contributed by atoms with Crippen LogP contribution in [0.4, 0.5) is 0 Å². The monoisotopic (exact) mass is 313 g/mol. The Kier molecular flexibility index (Phi) is 5.27. The second kappa shape index (κ2) is 6.97. The number of rotatable bonds is 6. The van der Waals surface area contributed by atoms with Crippen molar-refractivity contribution in [1.29, 1.82) is 0 Å². The molecule has 2 rings (SSSR count). The topological polar surface area (TPSA) is 97.4 Å². The molecule has 116 valence electrons. The third-order valence-corrected chi connectivity index (χ3v) is 3.96. The van der Waals surface area contributed by atoms with Crippen LogP contribution in [0.3, 0.4) is 0 Å². The zero-order valence-corrected chi connectivity index (χ0v) is 12.6. The number of ether oxygens (including phenoxy) is 1. The molecule has 2 atom stereocenters. The van der Waals surface area contributed by atoms with Gasteiger partial charge in [0.25, 0.3) is 0 Å². The minimum absolute atomic E-state index is 0.105. The van der Waals surface area contributed by atoms with Crippen molar-refractivity contribution in [3.8, 4) is 0 Å². The van der Waals surface area contributed by atoms with Crippen LogP contribution in [0.2, 0.25) is 0 Å². The van der Waals surface area contributed by atoms with E-state index in [0.29, 0.717) is 13.2 Å². The van der Waals surface area contributed by atoms with Gasteiger partial charge < -0.3 is 10.1 Å². The quantitative estimate of drug-likeness (QED) is 0.724. The lowest BCUT2D eigenvalue weighted by molar-refractivity contribution is -0.120. The first-order valence-corrected chi connectivity index (χ1v) is 8.54. The van der Waals surface area contributed by atoms with Gasteiger partial charge in [0, 0.05) is 18.3 Å². The van der Waals surface area contributed by atoms with Crippen LogP contribution in [0.5, 0.6) is 0 Å². The van der Waals surface area contributed by atoms with Gasteiger partial charge in [-0.25, -0.2) is 13.1 Å². The fourth-order valence-electron chi connectivity index (χ4n) is 2.24. The predicted molar refractivity (Wildman–Crippen MR) is 77.0 cm³/mol. The molecule has 7 nitrogen and oxygen atoms in total. The van der Waals surface area contributed by atoms with E-state index < -0.39 is 10.0 Å². The second-order valence-electron chi connectivity index (χ2n) is 5.12. The second-order valence-corrected chi connectivity index (χ2v) is 6.96. The maximum Gasteiger partial charge on any atom is 0.235 e. The van der Waals surface area contributed by atoms with Crippen molar-refractivity contribution >= 4 is 15.9 Å². The van der Waals surface area contributed by atoms with Crippen molar-refractivity contribution in [1.82, 2.24) is 15.0 Å². The van der Waals surface area contributed by atoms with Gasteiger partial charge in [-0.3, -0.25) is 9.78 Å². The van der Waals surface area contributed by atoms with Crippen molar-refractivity contribution in [2.45, 2.75) is 12.5 Å². The van der Waals surface area contributed by atoms with Gasteiger partial charge in [-0.05, 0) is 24.1 Å². The van der Waals surface area contributed by atoms with E-state index in [1.54, 1.807) is 12.4 Å². The molecule has 0 saturated carbocycles. The molecule has 1 fully saturated rings. The summed E-state index contributed by atoms with van der Waals surface area (Å²) in [6.45, 7) is 0.768. The molecule has 1 aromatic heterocycles. The number of carbonyl (C=O) groups excluding carboxylic acids is 1. The Hall–Kier alpha value is -1.51. The molecule has 2 heterocycles. The van der Waals surface area contributed by atoms with Gasteiger partial charge in [-0.1, -0.05) is 0 Å². The first-order chi connectivity index (χ1) is 9.94. The van der Waals surface area contributed by atoms with E-state index in [-0.39, 0.29) is 24.4 Å². The van der Waals surface area contributed by atoms with E-state index >= 15 is 0 Å². The number of nitrogens with one attached hydrogen (secondary N) is 2. The number of pyridine rings is 1. The summed E-state index contributed by atoms with van der Waals surface area (Å²) >= 11 is 0. The lowest BCUT2D eigenvalue weighted by Crippen LogP contribution is -2.45. The van der Waals surface area contributed by atoms with Gasteiger partial charge in [-0.15, -0.1) is 0 Å². The fraction of sp³-hybridized carbons (Fsp3) is 0.538. The Morgan fingerprint density at radius 3 is 2.76 bits per heavy atom. The minimum atomic E-state index is -3.36. The maximum absolute atomic E-state index is 11.7. The largest absolute Gasteiger partial charge is 0.379 e. The molecule has 8 heteroatoms. The SMILES string of the molecule is CS(=O)(=O)NCC(=O)N[C@@H]1COC[C@H]1Cc1ccncc1. The van der Waals surface area contributed by atoms with Crippen molar-refractivity contribution < 1.29 is 17.9 Å². The van der Waals surface area contributed by atoms with Crippen molar-refractivity contribution in [2.24, 2.45) is 5.92 Å². The zero-order chi connectivity index (χ0) is 15.3. The molecule has 0 bridgehead atoms. The lowest BCUT2D eigenvalue weighted by atomic mass is 9.95. The molecule has 21 heavy (non-hydrogen) atoms. The summed E-state index contributed by atoms with van der Waals surface area (Å²) in [4.78, 5) is 15.7. The molecule has 2 N–H and O–H groups in total. The van der Waals surface area contributed by atoms with Crippen molar-refractivity contribution in [3.63, 3.8) is 0 Å². The molecule has 1 aliphatic rings. The van der Waals surface area contributed by atoms with Crippen LogP contribution in [-0.2, 0) is 26.0 Å². The fourth-order valence-corrected chi connectivity index (χ4v) is 2.63. The van der Waals surface area contributed by atoms with Crippen LogP contribution < -0.4 is 10.0 Å². The van der Waals surface area contributed by atoms with Gasteiger partial charge in [-0.2, -0.15) is 0 Å². The molecule has 1 amide bonds. The first-order valence-electron chi connectivity index (χ1n) is 6.65. The van der Waals surface area contributed by atoms with E-state index in [4.69, 9.17) is 4.74 Å². The summed E-state index contributed by atoms with van der Waals surface area (Å²) < 4.78 is 29.5. The van der Waals surface area contributed by atoms with Crippen LogP contribution in [-0.4, -0.2) is 51.4 Å². The molecule has 0 spiro atoms. The number of amides is 1. The number of hydrogen-bond donors (Lipinski definition) is 2. The Balaban J connectivity index is 1.86. The van der Waals surface area contributed by atoms with Gasteiger partial charge in [0.1, 0.15) is 0 Å². The highest BCUT2D eigenvalue weighted by Gasteiger charge is 2.29. The smallest absolute Gasteiger partial charge is 0.235 e. The average Bonchev–Trinajstić information content (AvgIpc) is 2.84. The normalized spacial score (nSPS) is 22.1. The summed E-state index contributed by atoms with van der Waals surface area (Å²) in [5, 5.41) is 2.82. The van der Waals surface area contributed by atoms with E-state index in [9.17, 15) is 13.2 Å². The first kappa shape index (κ1) is 15.9. The predicted octanol–water partition coefficient (Wildman–Crippen LogP) is -0.695. The Morgan fingerprint density at radius 1 is 1.38 bits per heavy atom. The summed E-state index contributed by atoms with van der Waals surface area (Å²) in [5.41, 5.74) is 1.13. The molecular weight excluding hydrogens is 294 g/mol. The van der Waals surface area contributed by atoms with Crippen LogP contribution in [0.15, 0.2) is 24.5 Å².